The fraction of sp³-hybridized carbons (Fsp3) is 0.222. The van der Waals surface area contributed by atoms with Gasteiger partial charge < -0.3 is 10.6 Å². The third-order valence-electron chi connectivity index (χ3n) is 3.71. The number of hydrogen-bond donors (Lipinski definition) is 2. The molecule has 0 heterocycles. The molecule has 1 atom stereocenters. The van der Waals surface area contributed by atoms with Gasteiger partial charge in [0.2, 0.25) is 5.91 Å². The van der Waals surface area contributed by atoms with Crippen molar-refractivity contribution in [2.45, 2.75) is 26.3 Å². The highest BCUT2D eigenvalue weighted by Gasteiger charge is 2.20. The molecule has 2 amide bonds. The molecular weight excluding hydrogens is 322 g/mol. The van der Waals surface area contributed by atoms with Gasteiger partial charge in [-0.1, -0.05) is 31.2 Å². The van der Waals surface area contributed by atoms with Gasteiger partial charge in [-0.15, -0.1) is 0 Å². The summed E-state index contributed by atoms with van der Waals surface area (Å²) >= 11 is 0. The molecule has 0 aliphatic heterocycles. The van der Waals surface area contributed by atoms with E-state index < -0.39 is 10.8 Å². The van der Waals surface area contributed by atoms with Crippen molar-refractivity contribution in [1.29, 1.82) is 0 Å². The van der Waals surface area contributed by atoms with Gasteiger partial charge >= 0.3 is 0 Å². The van der Waals surface area contributed by atoms with Crippen LogP contribution < -0.4 is 10.6 Å². The van der Waals surface area contributed by atoms with Crippen LogP contribution in [0.25, 0.3) is 0 Å². The average Bonchev–Trinajstić information content (AvgIpc) is 2.62. The van der Waals surface area contributed by atoms with E-state index in [0.717, 1.165) is 5.56 Å². The van der Waals surface area contributed by atoms with Gasteiger partial charge in [0.25, 0.3) is 11.6 Å². The van der Waals surface area contributed by atoms with Crippen LogP contribution in [0, 0.1) is 10.1 Å². The molecule has 130 valence electrons. The van der Waals surface area contributed by atoms with E-state index in [1.165, 1.54) is 18.2 Å². The zero-order valence-electron chi connectivity index (χ0n) is 14.0. The lowest BCUT2D eigenvalue weighted by molar-refractivity contribution is -0.385. The second-order valence-corrected chi connectivity index (χ2v) is 5.49. The van der Waals surface area contributed by atoms with Gasteiger partial charge in [0.1, 0.15) is 5.56 Å². The van der Waals surface area contributed by atoms with E-state index >= 15 is 0 Å². The van der Waals surface area contributed by atoms with Crippen LogP contribution in [0.4, 0.5) is 11.4 Å². The molecule has 2 N–H and O–H groups in total. The van der Waals surface area contributed by atoms with Gasteiger partial charge in [0.15, 0.2) is 0 Å². The van der Waals surface area contributed by atoms with Crippen molar-refractivity contribution in [3.8, 4) is 0 Å². The van der Waals surface area contributed by atoms with Gasteiger partial charge in [-0.2, -0.15) is 0 Å². The molecule has 0 spiro atoms. The fourth-order valence-corrected chi connectivity index (χ4v) is 2.29. The van der Waals surface area contributed by atoms with Crippen LogP contribution in [0.5, 0.6) is 0 Å². The Hall–Kier alpha value is -3.22. The minimum Gasteiger partial charge on any atom is -0.345 e. The van der Waals surface area contributed by atoms with E-state index in [4.69, 9.17) is 0 Å². The van der Waals surface area contributed by atoms with Gasteiger partial charge in [-0.05, 0) is 30.7 Å². The maximum atomic E-state index is 12.3. The van der Waals surface area contributed by atoms with Gasteiger partial charge in [0.05, 0.1) is 11.0 Å². The molecule has 1 unspecified atom stereocenters. The van der Waals surface area contributed by atoms with Crippen molar-refractivity contribution in [2.24, 2.45) is 0 Å². The number of nitro groups is 1. The number of carbonyl (C=O) groups excluding carboxylic acids is 2. The van der Waals surface area contributed by atoms with E-state index in [9.17, 15) is 19.7 Å². The number of hydrogen-bond acceptors (Lipinski definition) is 4. The fourth-order valence-electron chi connectivity index (χ4n) is 2.29. The summed E-state index contributed by atoms with van der Waals surface area (Å²) in [5, 5.41) is 16.5. The van der Waals surface area contributed by atoms with Gasteiger partial charge in [-0.3, -0.25) is 19.7 Å². The van der Waals surface area contributed by atoms with Crippen molar-refractivity contribution in [3.63, 3.8) is 0 Å². The number of amides is 2. The van der Waals surface area contributed by atoms with Gasteiger partial charge in [0, 0.05) is 18.2 Å². The Labute approximate surface area is 145 Å². The first-order valence-corrected chi connectivity index (χ1v) is 7.86. The summed E-state index contributed by atoms with van der Waals surface area (Å²) in [6, 6.07) is 12.5. The van der Waals surface area contributed by atoms with Crippen molar-refractivity contribution in [1.82, 2.24) is 5.32 Å². The summed E-state index contributed by atoms with van der Waals surface area (Å²) < 4.78 is 0. The molecule has 25 heavy (non-hydrogen) atoms. The zero-order valence-corrected chi connectivity index (χ0v) is 14.0. The molecule has 7 heteroatoms. The number of para-hydroxylation sites is 1. The standard InChI is InChI=1S/C18H19N3O4/c1-3-17(22)20-14-10-8-13(9-11-14)12(2)19-18(23)15-6-4-5-7-16(15)21(24)25/h4-12H,3H2,1-2H3,(H,19,23)(H,20,22). The summed E-state index contributed by atoms with van der Waals surface area (Å²) in [5.74, 6) is -0.589. The van der Waals surface area contributed by atoms with E-state index in [1.54, 1.807) is 44.2 Å². The smallest absolute Gasteiger partial charge is 0.282 e. The Morgan fingerprint density at radius 3 is 2.36 bits per heavy atom. The summed E-state index contributed by atoms with van der Waals surface area (Å²) in [4.78, 5) is 34.1. The molecule has 0 bridgehead atoms. The number of anilines is 1. The molecule has 0 aliphatic carbocycles. The molecule has 2 aromatic carbocycles. The Kier molecular flexibility index (Phi) is 5.84. The molecule has 0 aliphatic rings. The molecule has 0 saturated carbocycles. The van der Waals surface area contributed by atoms with Crippen molar-refractivity contribution in [3.05, 3.63) is 69.8 Å². The third-order valence-corrected chi connectivity index (χ3v) is 3.71. The van der Waals surface area contributed by atoms with Crippen molar-refractivity contribution in [2.75, 3.05) is 5.32 Å². The Morgan fingerprint density at radius 2 is 1.76 bits per heavy atom. The van der Waals surface area contributed by atoms with E-state index in [2.05, 4.69) is 10.6 Å². The lowest BCUT2D eigenvalue weighted by Gasteiger charge is -2.15. The van der Waals surface area contributed by atoms with Crippen molar-refractivity contribution < 1.29 is 14.5 Å². The largest absolute Gasteiger partial charge is 0.345 e. The predicted molar refractivity (Wildman–Crippen MR) is 94.3 cm³/mol. The third kappa shape index (κ3) is 4.63. The summed E-state index contributed by atoms with van der Waals surface area (Å²) in [5.41, 5.74) is 1.28. The molecule has 0 saturated heterocycles. The van der Waals surface area contributed by atoms with Crippen LogP contribution in [-0.2, 0) is 4.79 Å². The SMILES string of the molecule is CCC(=O)Nc1ccc(C(C)NC(=O)c2ccccc2[N+](=O)[O-])cc1. The summed E-state index contributed by atoms with van der Waals surface area (Å²) in [6.07, 6.45) is 0.393. The Morgan fingerprint density at radius 1 is 1.12 bits per heavy atom. The second kappa shape index (κ2) is 8.05. The molecule has 2 rings (SSSR count). The van der Waals surface area contributed by atoms with E-state index in [-0.39, 0.29) is 23.2 Å². The highest BCUT2D eigenvalue weighted by atomic mass is 16.6. The number of carbonyl (C=O) groups is 2. The van der Waals surface area contributed by atoms with E-state index in [1.807, 2.05) is 0 Å². The number of rotatable bonds is 6. The Balaban J connectivity index is 2.09. The molecule has 2 aromatic rings. The van der Waals surface area contributed by atoms with Crippen molar-refractivity contribution >= 4 is 23.2 Å². The minimum atomic E-state index is -0.579. The van der Waals surface area contributed by atoms with Gasteiger partial charge in [-0.25, -0.2) is 0 Å². The Bertz CT molecular complexity index is 787. The maximum absolute atomic E-state index is 12.3. The second-order valence-electron chi connectivity index (χ2n) is 5.49. The van der Waals surface area contributed by atoms with Crippen LogP contribution in [0.1, 0.15) is 42.2 Å². The monoisotopic (exact) mass is 341 g/mol. The number of nitro benzene ring substituents is 1. The first kappa shape index (κ1) is 18.1. The number of nitrogens with one attached hydrogen (secondary N) is 2. The lowest BCUT2D eigenvalue weighted by Crippen LogP contribution is -2.27. The first-order chi connectivity index (χ1) is 11.9. The van der Waals surface area contributed by atoms with Crippen LogP contribution >= 0.6 is 0 Å². The molecule has 7 nitrogen and oxygen atoms in total. The summed E-state index contributed by atoms with van der Waals surface area (Å²) in [6.45, 7) is 3.55. The number of benzene rings is 2. The number of nitrogens with zero attached hydrogens (tertiary/aromatic N) is 1. The molecule has 0 radical (unpaired) electrons. The summed E-state index contributed by atoms with van der Waals surface area (Å²) in [7, 11) is 0. The highest BCUT2D eigenvalue weighted by Crippen LogP contribution is 2.20. The topological polar surface area (TPSA) is 101 Å². The van der Waals surface area contributed by atoms with Crippen LogP contribution in [-0.4, -0.2) is 16.7 Å². The molecule has 0 fully saturated rings. The maximum Gasteiger partial charge on any atom is 0.282 e. The molecule has 0 aromatic heterocycles. The first-order valence-electron chi connectivity index (χ1n) is 7.86. The molecular formula is C18H19N3O4. The van der Waals surface area contributed by atoms with Crippen LogP contribution in [0.3, 0.4) is 0 Å². The van der Waals surface area contributed by atoms with Crippen LogP contribution in [0.2, 0.25) is 0 Å². The quantitative estimate of drug-likeness (QED) is 0.621. The highest BCUT2D eigenvalue weighted by molar-refractivity contribution is 5.98. The van der Waals surface area contributed by atoms with E-state index in [0.29, 0.717) is 12.1 Å². The lowest BCUT2D eigenvalue weighted by atomic mass is 10.1. The predicted octanol–water partition coefficient (Wildman–Crippen LogP) is 3.43. The minimum absolute atomic E-state index is 0.0196. The zero-order chi connectivity index (χ0) is 18.4. The normalized spacial score (nSPS) is 11.4. The average molecular weight is 341 g/mol. The van der Waals surface area contributed by atoms with Crippen LogP contribution in [0.15, 0.2) is 48.5 Å².